The number of pyridine rings is 1. The fourth-order valence-corrected chi connectivity index (χ4v) is 1.96. The highest BCUT2D eigenvalue weighted by Gasteiger charge is 2.19. The Morgan fingerprint density at radius 3 is 2.70 bits per heavy atom. The minimum Gasteiger partial charge on any atom is -0.495 e. The molecule has 5 heteroatoms. The lowest BCUT2D eigenvalue weighted by molar-refractivity contribution is 0.0993. The van der Waals surface area contributed by atoms with Crippen molar-refractivity contribution in [2.75, 3.05) is 24.8 Å². The molecule has 0 fully saturated rings. The number of para-hydroxylation sites is 2. The summed E-state index contributed by atoms with van der Waals surface area (Å²) in [5.41, 5.74) is 8.15. The summed E-state index contributed by atoms with van der Waals surface area (Å²) in [4.78, 5) is 18.1. The van der Waals surface area contributed by atoms with Crippen LogP contribution in [-0.2, 0) is 0 Å². The lowest BCUT2D eigenvalue weighted by atomic mass is 10.1. The van der Waals surface area contributed by atoms with Gasteiger partial charge in [0.15, 0.2) is 0 Å². The lowest BCUT2D eigenvalue weighted by Gasteiger charge is -2.20. The van der Waals surface area contributed by atoms with E-state index in [0.717, 1.165) is 5.69 Å². The largest absolute Gasteiger partial charge is 0.495 e. The van der Waals surface area contributed by atoms with Gasteiger partial charge in [-0.25, -0.2) is 0 Å². The molecule has 20 heavy (non-hydrogen) atoms. The first-order valence-electron chi connectivity index (χ1n) is 6.17. The summed E-state index contributed by atoms with van der Waals surface area (Å²) in [6.07, 6.45) is 1.50. The van der Waals surface area contributed by atoms with Gasteiger partial charge in [-0.3, -0.25) is 9.78 Å². The maximum atomic E-state index is 12.5. The Hall–Kier alpha value is -2.56. The third-order valence-electron chi connectivity index (χ3n) is 3.05. The maximum absolute atomic E-state index is 12.5. The number of nitrogen functional groups attached to an aromatic ring is 1. The summed E-state index contributed by atoms with van der Waals surface area (Å²) < 4.78 is 5.26. The fourth-order valence-electron chi connectivity index (χ4n) is 1.96. The van der Waals surface area contributed by atoms with Crippen molar-refractivity contribution in [3.63, 3.8) is 0 Å². The van der Waals surface area contributed by atoms with Gasteiger partial charge in [-0.2, -0.15) is 0 Å². The number of benzene rings is 1. The molecule has 0 spiro atoms. The van der Waals surface area contributed by atoms with E-state index in [-0.39, 0.29) is 5.91 Å². The SMILES string of the molecule is COc1ccccc1N(C)C(=O)c1cnc(C)cc1N. The van der Waals surface area contributed by atoms with Crippen LogP contribution in [0, 0.1) is 6.92 Å². The number of ether oxygens (including phenoxy) is 1. The number of hydrogen-bond acceptors (Lipinski definition) is 4. The summed E-state index contributed by atoms with van der Waals surface area (Å²) in [7, 11) is 3.25. The van der Waals surface area contributed by atoms with Gasteiger partial charge >= 0.3 is 0 Å². The Labute approximate surface area is 118 Å². The van der Waals surface area contributed by atoms with Crippen molar-refractivity contribution in [1.82, 2.24) is 4.98 Å². The number of nitrogens with two attached hydrogens (primary N) is 1. The molecule has 0 aliphatic carbocycles. The normalized spacial score (nSPS) is 10.2. The van der Waals surface area contributed by atoms with E-state index in [2.05, 4.69) is 4.98 Å². The standard InChI is InChI=1S/C15H17N3O2/c1-10-8-12(16)11(9-17-10)15(19)18(2)13-6-4-5-7-14(13)20-3/h4-9H,1-3H3,(H2,16,17). The minimum atomic E-state index is -0.223. The Morgan fingerprint density at radius 2 is 2.05 bits per heavy atom. The monoisotopic (exact) mass is 271 g/mol. The van der Waals surface area contributed by atoms with Crippen LogP contribution in [0.25, 0.3) is 0 Å². The number of methoxy groups -OCH3 is 1. The van der Waals surface area contributed by atoms with Crippen LogP contribution in [0.3, 0.4) is 0 Å². The van der Waals surface area contributed by atoms with Crippen molar-refractivity contribution in [3.8, 4) is 5.75 Å². The van der Waals surface area contributed by atoms with Crippen LogP contribution in [0.5, 0.6) is 5.75 Å². The maximum Gasteiger partial charge on any atom is 0.261 e. The molecule has 0 unspecified atom stereocenters. The number of carbonyl (C=O) groups excluding carboxylic acids is 1. The van der Waals surface area contributed by atoms with Crippen molar-refractivity contribution in [3.05, 3.63) is 47.8 Å². The first kappa shape index (κ1) is 13.9. The fraction of sp³-hybridized carbons (Fsp3) is 0.200. The van der Waals surface area contributed by atoms with E-state index in [1.165, 1.54) is 11.1 Å². The molecule has 1 aromatic heterocycles. The van der Waals surface area contributed by atoms with Crippen LogP contribution >= 0.6 is 0 Å². The molecule has 0 bridgehead atoms. The van der Waals surface area contributed by atoms with Gasteiger partial charge in [0, 0.05) is 24.6 Å². The zero-order chi connectivity index (χ0) is 14.7. The highest BCUT2D eigenvalue weighted by Crippen LogP contribution is 2.28. The van der Waals surface area contributed by atoms with Crippen molar-refractivity contribution in [2.24, 2.45) is 0 Å². The summed E-state index contributed by atoms with van der Waals surface area (Å²) in [6.45, 7) is 1.83. The molecule has 0 atom stereocenters. The van der Waals surface area contributed by atoms with Crippen molar-refractivity contribution >= 4 is 17.3 Å². The Bertz CT molecular complexity index is 641. The summed E-state index contributed by atoms with van der Waals surface area (Å²) in [6, 6.07) is 8.99. The van der Waals surface area contributed by atoms with Gasteiger partial charge < -0.3 is 15.4 Å². The van der Waals surface area contributed by atoms with Crippen LogP contribution in [0.1, 0.15) is 16.1 Å². The average molecular weight is 271 g/mol. The van der Waals surface area contributed by atoms with Crippen LogP contribution < -0.4 is 15.4 Å². The zero-order valence-corrected chi connectivity index (χ0v) is 11.8. The van der Waals surface area contributed by atoms with Crippen molar-refractivity contribution < 1.29 is 9.53 Å². The molecule has 1 aromatic carbocycles. The van der Waals surface area contributed by atoms with E-state index in [1.807, 2.05) is 25.1 Å². The highest BCUT2D eigenvalue weighted by molar-refractivity contribution is 6.09. The predicted molar refractivity (Wildman–Crippen MR) is 79.1 cm³/mol. The van der Waals surface area contributed by atoms with Crippen LogP contribution in [0.2, 0.25) is 0 Å². The van der Waals surface area contributed by atoms with Crippen molar-refractivity contribution in [1.29, 1.82) is 0 Å². The number of aromatic nitrogens is 1. The van der Waals surface area contributed by atoms with Gasteiger partial charge in [0.05, 0.1) is 18.4 Å². The lowest BCUT2D eigenvalue weighted by Crippen LogP contribution is -2.27. The molecule has 0 aliphatic heterocycles. The van der Waals surface area contributed by atoms with Crippen LogP contribution in [0.15, 0.2) is 36.5 Å². The van der Waals surface area contributed by atoms with Gasteiger partial charge in [-0.1, -0.05) is 12.1 Å². The summed E-state index contributed by atoms with van der Waals surface area (Å²) in [5.74, 6) is 0.404. The molecular weight excluding hydrogens is 254 g/mol. The second-order valence-corrected chi connectivity index (χ2v) is 4.45. The van der Waals surface area contributed by atoms with E-state index in [1.54, 1.807) is 26.3 Å². The number of aryl methyl sites for hydroxylation is 1. The van der Waals surface area contributed by atoms with Gasteiger partial charge in [0.25, 0.3) is 5.91 Å². The number of carbonyl (C=O) groups is 1. The van der Waals surface area contributed by atoms with Gasteiger partial charge in [-0.15, -0.1) is 0 Å². The molecule has 1 amide bonds. The van der Waals surface area contributed by atoms with Crippen LogP contribution in [-0.4, -0.2) is 25.0 Å². The first-order chi connectivity index (χ1) is 9.54. The van der Waals surface area contributed by atoms with E-state index < -0.39 is 0 Å². The van der Waals surface area contributed by atoms with Gasteiger partial charge in [-0.05, 0) is 25.1 Å². The Morgan fingerprint density at radius 1 is 1.35 bits per heavy atom. The van der Waals surface area contributed by atoms with Gasteiger partial charge in [0.1, 0.15) is 5.75 Å². The average Bonchev–Trinajstić information content (AvgIpc) is 2.45. The Balaban J connectivity index is 2.37. The number of rotatable bonds is 3. The number of hydrogen-bond donors (Lipinski definition) is 1. The predicted octanol–water partition coefficient (Wildman–Crippen LogP) is 2.26. The van der Waals surface area contributed by atoms with E-state index in [9.17, 15) is 4.79 Å². The molecule has 2 rings (SSSR count). The summed E-state index contributed by atoms with van der Waals surface area (Å²) in [5, 5.41) is 0. The first-order valence-corrected chi connectivity index (χ1v) is 6.17. The topological polar surface area (TPSA) is 68.5 Å². The molecule has 2 aromatic rings. The quantitative estimate of drug-likeness (QED) is 0.929. The van der Waals surface area contributed by atoms with Gasteiger partial charge in [0.2, 0.25) is 0 Å². The number of amides is 1. The molecule has 104 valence electrons. The molecule has 0 saturated heterocycles. The third kappa shape index (κ3) is 2.56. The second kappa shape index (κ2) is 5.61. The minimum absolute atomic E-state index is 0.223. The number of nitrogens with zero attached hydrogens (tertiary/aromatic N) is 2. The van der Waals surface area contributed by atoms with Crippen molar-refractivity contribution in [2.45, 2.75) is 6.92 Å². The molecule has 2 N–H and O–H groups in total. The summed E-state index contributed by atoms with van der Waals surface area (Å²) >= 11 is 0. The molecular formula is C15H17N3O2. The van der Waals surface area contributed by atoms with E-state index >= 15 is 0 Å². The molecule has 5 nitrogen and oxygen atoms in total. The Kier molecular flexibility index (Phi) is 3.89. The third-order valence-corrected chi connectivity index (χ3v) is 3.05. The molecule has 0 aliphatic rings. The molecule has 1 heterocycles. The highest BCUT2D eigenvalue weighted by atomic mass is 16.5. The smallest absolute Gasteiger partial charge is 0.261 e. The molecule has 0 radical (unpaired) electrons. The molecule has 0 saturated carbocycles. The van der Waals surface area contributed by atoms with E-state index in [0.29, 0.717) is 22.7 Å². The number of anilines is 2. The zero-order valence-electron chi connectivity index (χ0n) is 11.8. The van der Waals surface area contributed by atoms with E-state index in [4.69, 9.17) is 10.5 Å². The second-order valence-electron chi connectivity index (χ2n) is 4.45. The van der Waals surface area contributed by atoms with Crippen LogP contribution in [0.4, 0.5) is 11.4 Å².